The Labute approximate surface area is 105 Å². The van der Waals surface area contributed by atoms with Gasteiger partial charge in [-0.2, -0.15) is 0 Å². The SMILES string of the molecule is O=C(NC1CCCCC1O)c1ccncc1Cl. The Bertz CT molecular complexity index is 411. The molecular weight excluding hydrogens is 240 g/mol. The lowest BCUT2D eigenvalue weighted by molar-refractivity contribution is 0.0717. The summed E-state index contributed by atoms with van der Waals surface area (Å²) in [4.78, 5) is 15.8. The van der Waals surface area contributed by atoms with Crippen molar-refractivity contribution in [2.45, 2.75) is 37.8 Å². The van der Waals surface area contributed by atoms with Crippen LogP contribution in [0.15, 0.2) is 18.5 Å². The summed E-state index contributed by atoms with van der Waals surface area (Å²) in [5.74, 6) is -0.247. The molecule has 0 saturated heterocycles. The maximum atomic E-state index is 11.9. The van der Waals surface area contributed by atoms with Crippen LogP contribution in [0.25, 0.3) is 0 Å². The molecule has 1 amide bonds. The zero-order valence-corrected chi connectivity index (χ0v) is 10.2. The number of rotatable bonds is 2. The highest BCUT2D eigenvalue weighted by molar-refractivity contribution is 6.33. The van der Waals surface area contributed by atoms with Crippen LogP contribution in [0.5, 0.6) is 0 Å². The molecule has 92 valence electrons. The minimum Gasteiger partial charge on any atom is -0.391 e. The Balaban J connectivity index is 2.04. The smallest absolute Gasteiger partial charge is 0.253 e. The average Bonchev–Trinajstić information content (AvgIpc) is 2.32. The van der Waals surface area contributed by atoms with E-state index in [1.807, 2.05) is 0 Å². The highest BCUT2D eigenvalue weighted by atomic mass is 35.5. The number of pyridine rings is 1. The van der Waals surface area contributed by atoms with E-state index in [-0.39, 0.29) is 11.9 Å². The predicted molar refractivity (Wildman–Crippen MR) is 65.0 cm³/mol. The lowest BCUT2D eigenvalue weighted by Crippen LogP contribution is -2.45. The molecular formula is C12H15ClN2O2. The topological polar surface area (TPSA) is 62.2 Å². The summed E-state index contributed by atoms with van der Waals surface area (Å²) in [6.07, 6.45) is 6.12. The molecule has 17 heavy (non-hydrogen) atoms. The fourth-order valence-corrected chi connectivity index (χ4v) is 2.29. The molecule has 5 heteroatoms. The van der Waals surface area contributed by atoms with Crippen molar-refractivity contribution in [3.05, 3.63) is 29.0 Å². The number of aliphatic hydroxyl groups excluding tert-OH is 1. The van der Waals surface area contributed by atoms with Crippen molar-refractivity contribution in [1.29, 1.82) is 0 Å². The molecule has 2 atom stereocenters. The van der Waals surface area contributed by atoms with Gasteiger partial charge in [0.15, 0.2) is 0 Å². The van der Waals surface area contributed by atoms with Gasteiger partial charge in [0, 0.05) is 12.4 Å². The number of amides is 1. The second-order valence-electron chi connectivity index (χ2n) is 4.29. The van der Waals surface area contributed by atoms with Crippen LogP contribution in [-0.4, -0.2) is 28.1 Å². The maximum absolute atomic E-state index is 11.9. The van der Waals surface area contributed by atoms with Gasteiger partial charge in [-0.3, -0.25) is 9.78 Å². The standard InChI is InChI=1S/C12H15ClN2O2/c13-9-7-14-6-5-8(9)12(17)15-10-3-1-2-4-11(10)16/h5-7,10-11,16H,1-4H2,(H,15,17). The van der Waals surface area contributed by atoms with Crippen molar-refractivity contribution in [3.63, 3.8) is 0 Å². The van der Waals surface area contributed by atoms with E-state index >= 15 is 0 Å². The van der Waals surface area contributed by atoms with Crippen LogP contribution >= 0.6 is 11.6 Å². The summed E-state index contributed by atoms with van der Waals surface area (Å²) >= 11 is 5.89. The molecule has 1 aromatic heterocycles. The van der Waals surface area contributed by atoms with Gasteiger partial charge in [-0.25, -0.2) is 0 Å². The summed E-state index contributed by atoms with van der Waals surface area (Å²) < 4.78 is 0. The van der Waals surface area contributed by atoms with E-state index in [0.717, 1.165) is 25.7 Å². The summed E-state index contributed by atoms with van der Waals surface area (Å²) in [5, 5.41) is 12.9. The number of aromatic nitrogens is 1. The lowest BCUT2D eigenvalue weighted by Gasteiger charge is -2.28. The summed E-state index contributed by atoms with van der Waals surface area (Å²) in [5.41, 5.74) is 0.402. The van der Waals surface area contributed by atoms with Gasteiger partial charge in [0.05, 0.1) is 22.7 Å². The molecule has 2 rings (SSSR count). The molecule has 1 fully saturated rings. The van der Waals surface area contributed by atoms with Crippen molar-refractivity contribution in [2.75, 3.05) is 0 Å². The van der Waals surface area contributed by atoms with Crippen molar-refractivity contribution < 1.29 is 9.90 Å². The Morgan fingerprint density at radius 2 is 2.24 bits per heavy atom. The van der Waals surface area contributed by atoms with Crippen LogP contribution in [0, 0.1) is 0 Å². The molecule has 0 aliphatic heterocycles. The van der Waals surface area contributed by atoms with E-state index in [4.69, 9.17) is 11.6 Å². The number of aliphatic hydroxyl groups is 1. The van der Waals surface area contributed by atoms with Crippen molar-refractivity contribution in [3.8, 4) is 0 Å². The maximum Gasteiger partial charge on any atom is 0.253 e. The third-order valence-electron chi connectivity index (χ3n) is 3.06. The summed E-state index contributed by atoms with van der Waals surface area (Å²) in [7, 11) is 0. The zero-order chi connectivity index (χ0) is 12.3. The van der Waals surface area contributed by atoms with Crippen molar-refractivity contribution in [2.24, 2.45) is 0 Å². The van der Waals surface area contributed by atoms with Crippen LogP contribution in [-0.2, 0) is 0 Å². The number of carbonyl (C=O) groups excluding carboxylic acids is 1. The first-order chi connectivity index (χ1) is 8.18. The molecule has 1 saturated carbocycles. The number of halogens is 1. The Morgan fingerprint density at radius 1 is 1.47 bits per heavy atom. The van der Waals surface area contributed by atoms with Gasteiger partial charge in [0.1, 0.15) is 0 Å². The first-order valence-corrected chi connectivity index (χ1v) is 6.14. The molecule has 2 N–H and O–H groups in total. The predicted octanol–water partition coefficient (Wildman–Crippen LogP) is 1.77. The van der Waals surface area contributed by atoms with Gasteiger partial charge < -0.3 is 10.4 Å². The quantitative estimate of drug-likeness (QED) is 0.846. The van der Waals surface area contributed by atoms with E-state index in [1.54, 1.807) is 6.07 Å². The zero-order valence-electron chi connectivity index (χ0n) is 9.40. The summed E-state index contributed by atoms with van der Waals surface area (Å²) in [6.45, 7) is 0. The van der Waals surface area contributed by atoms with Gasteiger partial charge in [0.25, 0.3) is 5.91 Å². The summed E-state index contributed by atoms with van der Waals surface area (Å²) in [6, 6.07) is 1.41. The highest BCUT2D eigenvalue weighted by Crippen LogP contribution is 2.20. The normalized spacial score (nSPS) is 24.4. The minimum absolute atomic E-state index is 0.166. The molecule has 0 bridgehead atoms. The molecule has 1 aliphatic rings. The molecule has 1 heterocycles. The van der Waals surface area contributed by atoms with Crippen LogP contribution in [0.1, 0.15) is 36.0 Å². The third-order valence-corrected chi connectivity index (χ3v) is 3.36. The van der Waals surface area contributed by atoms with Crippen molar-refractivity contribution >= 4 is 17.5 Å². The number of nitrogens with zero attached hydrogens (tertiary/aromatic N) is 1. The largest absolute Gasteiger partial charge is 0.391 e. The Morgan fingerprint density at radius 3 is 2.94 bits per heavy atom. The fraction of sp³-hybridized carbons (Fsp3) is 0.500. The van der Waals surface area contributed by atoms with Crippen LogP contribution in [0.4, 0.5) is 0 Å². The number of carbonyl (C=O) groups is 1. The third kappa shape index (κ3) is 2.96. The first-order valence-electron chi connectivity index (χ1n) is 5.77. The van der Waals surface area contributed by atoms with Crippen LogP contribution in [0.3, 0.4) is 0 Å². The van der Waals surface area contributed by atoms with Gasteiger partial charge in [-0.05, 0) is 18.9 Å². The van der Waals surface area contributed by atoms with E-state index in [2.05, 4.69) is 10.3 Å². The number of nitrogens with one attached hydrogen (secondary N) is 1. The van der Waals surface area contributed by atoms with Crippen LogP contribution < -0.4 is 5.32 Å². The number of hydrogen-bond donors (Lipinski definition) is 2. The van der Waals surface area contributed by atoms with Gasteiger partial charge >= 0.3 is 0 Å². The molecule has 2 unspecified atom stereocenters. The second-order valence-corrected chi connectivity index (χ2v) is 4.69. The van der Waals surface area contributed by atoms with Crippen molar-refractivity contribution in [1.82, 2.24) is 10.3 Å². The Hall–Kier alpha value is -1.13. The van der Waals surface area contributed by atoms with Crippen LogP contribution in [0.2, 0.25) is 5.02 Å². The lowest BCUT2D eigenvalue weighted by atomic mass is 9.92. The van der Waals surface area contributed by atoms with E-state index < -0.39 is 6.10 Å². The monoisotopic (exact) mass is 254 g/mol. The van der Waals surface area contributed by atoms with Gasteiger partial charge in [0.2, 0.25) is 0 Å². The highest BCUT2D eigenvalue weighted by Gasteiger charge is 2.25. The molecule has 0 aromatic carbocycles. The molecule has 1 aliphatic carbocycles. The minimum atomic E-state index is -0.451. The molecule has 1 aromatic rings. The Kier molecular flexibility index (Phi) is 3.97. The molecule has 4 nitrogen and oxygen atoms in total. The molecule has 0 spiro atoms. The van der Waals surface area contributed by atoms with E-state index in [1.165, 1.54) is 12.4 Å². The van der Waals surface area contributed by atoms with E-state index in [9.17, 15) is 9.90 Å². The average molecular weight is 255 g/mol. The van der Waals surface area contributed by atoms with Gasteiger partial charge in [-0.15, -0.1) is 0 Å². The fourth-order valence-electron chi connectivity index (χ4n) is 2.09. The number of hydrogen-bond acceptors (Lipinski definition) is 3. The van der Waals surface area contributed by atoms with Gasteiger partial charge in [-0.1, -0.05) is 24.4 Å². The first kappa shape index (κ1) is 12.3. The molecule has 0 radical (unpaired) electrons. The van der Waals surface area contributed by atoms with E-state index in [0.29, 0.717) is 10.6 Å². The second kappa shape index (κ2) is 5.47.